The van der Waals surface area contributed by atoms with E-state index in [4.69, 9.17) is 10.0 Å². The van der Waals surface area contributed by atoms with Crippen LogP contribution in [0.5, 0.6) is 5.75 Å². The van der Waals surface area contributed by atoms with E-state index in [0.717, 1.165) is 5.23 Å². The molecule has 0 spiro atoms. The third-order valence-corrected chi connectivity index (χ3v) is 1.22. The molecule has 3 nitrogen and oxygen atoms in total. The number of benzene rings is 1. The van der Waals surface area contributed by atoms with Crippen molar-refractivity contribution in [3.63, 3.8) is 0 Å². The van der Waals surface area contributed by atoms with Gasteiger partial charge in [0, 0.05) is 0 Å². The highest BCUT2D eigenvalue weighted by atomic mass is 16.9. The zero-order valence-electron chi connectivity index (χ0n) is 6.40. The van der Waals surface area contributed by atoms with E-state index in [2.05, 4.69) is 0 Å². The summed E-state index contributed by atoms with van der Waals surface area (Å²) in [6, 6.07) is 9.13. The Bertz CT molecular complexity index is 201. The van der Waals surface area contributed by atoms with E-state index < -0.39 is 0 Å². The molecule has 1 N–H and O–H groups in total. The van der Waals surface area contributed by atoms with Crippen molar-refractivity contribution >= 4 is 0 Å². The van der Waals surface area contributed by atoms with Crippen LogP contribution in [0.1, 0.15) is 6.92 Å². The third kappa shape index (κ3) is 2.57. The van der Waals surface area contributed by atoms with Crippen LogP contribution in [0.3, 0.4) is 0 Å². The van der Waals surface area contributed by atoms with Gasteiger partial charge in [0.15, 0.2) is 5.75 Å². The second-order valence-electron chi connectivity index (χ2n) is 2.07. The first-order valence-electron chi connectivity index (χ1n) is 3.52. The zero-order valence-corrected chi connectivity index (χ0v) is 6.40. The van der Waals surface area contributed by atoms with Crippen LogP contribution in [0.4, 0.5) is 0 Å². The minimum Gasteiger partial charge on any atom is -0.381 e. The predicted octanol–water partition coefficient (Wildman–Crippen LogP) is 1.69. The van der Waals surface area contributed by atoms with Crippen LogP contribution in [-0.2, 0) is 0 Å². The summed E-state index contributed by atoms with van der Waals surface area (Å²) in [4.78, 5) is 4.95. The van der Waals surface area contributed by atoms with E-state index in [-0.39, 0.29) is 0 Å². The van der Waals surface area contributed by atoms with E-state index in [0.29, 0.717) is 12.3 Å². The molecule has 0 heterocycles. The maximum absolute atomic E-state index is 8.92. The highest BCUT2D eigenvalue weighted by molar-refractivity contribution is 5.20. The molecule has 0 aliphatic rings. The fourth-order valence-corrected chi connectivity index (χ4v) is 0.668. The summed E-state index contributed by atoms with van der Waals surface area (Å²) in [7, 11) is 0. The molecule has 0 unspecified atom stereocenters. The molecule has 1 aromatic rings. The first kappa shape index (κ1) is 8.04. The Morgan fingerprint density at radius 2 is 2.00 bits per heavy atom. The molecule has 1 aromatic carbocycles. The first-order chi connectivity index (χ1) is 5.33. The van der Waals surface area contributed by atoms with Gasteiger partial charge in [-0.2, -0.15) is 0 Å². The molecular weight excluding hydrogens is 142 g/mol. The molecule has 0 aliphatic heterocycles. The van der Waals surface area contributed by atoms with E-state index in [1.54, 1.807) is 19.1 Å². The number of hydrogen-bond donors (Lipinski definition) is 1. The highest BCUT2D eigenvalue weighted by Gasteiger charge is 1.96. The topological polar surface area (TPSA) is 32.7 Å². The molecule has 1 rings (SSSR count). The Labute approximate surface area is 65.7 Å². The van der Waals surface area contributed by atoms with Crippen LogP contribution >= 0.6 is 0 Å². The van der Waals surface area contributed by atoms with Crippen molar-refractivity contribution in [3.05, 3.63) is 30.3 Å². The molecule has 0 saturated heterocycles. The normalized spacial score (nSPS) is 10.1. The Hall–Kier alpha value is -1.06. The first-order valence-corrected chi connectivity index (χ1v) is 3.52. The van der Waals surface area contributed by atoms with Crippen molar-refractivity contribution in [2.24, 2.45) is 0 Å². The lowest BCUT2D eigenvalue weighted by molar-refractivity contribution is -0.278. The van der Waals surface area contributed by atoms with Crippen LogP contribution in [0.25, 0.3) is 0 Å². The summed E-state index contributed by atoms with van der Waals surface area (Å²) in [5.74, 6) is 0.636. The van der Waals surface area contributed by atoms with E-state index in [9.17, 15) is 0 Å². The Kier molecular flexibility index (Phi) is 2.89. The number of nitrogens with zero attached hydrogens (tertiary/aromatic N) is 1. The smallest absolute Gasteiger partial charge is 0.150 e. The zero-order chi connectivity index (χ0) is 8.10. The Balaban J connectivity index is 2.51. The molecule has 0 fully saturated rings. The second kappa shape index (κ2) is 3.95. The second-order valence-corrected chi connectivity index (χ2v) is 2.07. The maximum atomic E-state index is 8.92. The van der Waals surface area contributed by atoms with Crippen LogP contribution in [-0.4, -0.2) is 17.0 Å². The van der Waals surface area contributed by atoms with Gasteiger partial charge >= 0.3 is 0 Å². The van der Waals surface area contributed by atoms with Crippen molar-refractivity contribution in [2.75, 3.05) is 6.54 Å². The predicted molar refractivity (Wildman–Crippen MR) is 41.2 cm³/mol. The van der Waals surface area contributed by atoms with Crippen LogP contribution in [0, 0.1) is 0 Å². The van der Waals surface area contributed by atoms with E-state index in [1.807, 2.05) is 18.2 Å². The summed E-state index contributed by atoms with van der Waals surface area (Å²) < 4.78 is 0. The monoisotopic (exact) mass is 153 g/mol. The number of rotatable bonds is 3. The molecular formula is C8H11NO2. The minimum atomic E-state index is 0.439. The molecule has 0 bridgehead atoms. The summed E-state index contributed by atoms with van der Waals surface area (Å²) in [5, 5.41) is 9.71. The molecule has 0 aliphatic carbocycles. The lowest BCUT2D eigenvalue weighted by Gasteiger charge is -2.11. The fraction of sp³-hybridized carbons (Fsp3) is 0.250. The van der Waals surface area contributed by atoms with Gasteiger partial charge in [0.2, 0.25) is 0 Å². The van der Waals surface area contributed by atoms with Crippen LogP contribution < -0.4 is 4.84 Å². The number of hydrogen-bond acceptors (Lipinski definition) is 3. The van der Waals surface area contributed by atoms with Gasteiger partial charge in [0.1, 0.15) is 0 Å². The van der Waals surface area contributed by atoms with Crippen molar-refractivity contribution in [2.45, 2.75) is 6.92 Å². The van der Waals surface area contributed by atoms with Gasteiger partial charge < -0.3 is 4.84 Å². The van der Waals surface area contributed by atoms with Crippen molar-refractivity contribution < 1.29 is 10.0 Å². The van der Waals surface area contributed by atoms with Gasteiger partial charge in [-0.3, -0.25) is 5.21 Å². The molecule has 0 amide bonds. The summed E-state index contributed by atoms with van der Waals surface area (Å²) in [6.45, 7) is 2.23. The SMILES string of the molecule is CCN(O)Oc1ccccc1. The summed E-state index contributed by atoms with van der Waals surface area (Å²) >= 11 is 0. The molecule has 0 aromatic heterocycles. The van der Waals surface area contributed by atoms with Crippen molar-refractivity contribution in [3.8, 4) is 5.75 Å². The molecule has 60 valence electrons. The third-order valence-electron chi connectivity index (χ3n) is 1.22. The van der Waals surface area contributed by atoms with Gasteiger partial charge in [-0.15, -0.1) is 0 Å². The number of hydroxylamine groups is 2. The van der Waals surface area contributed by atoms with Gasteiger partial charge in [-0.05, 0) is 24.3 Å². The molecule has 11 heavy (non-hydrogen) atoms. The highest BCUT2D eigenvalue weighted by Crippen LogP contribution is 2.08. The Morgan fingerprint density at radius 3 is 2.55 bits per heavy atom. The average molecular weight is 153 g/mol. The quantitative estimate of drug-likeness (QED) is 0.671. The van der Waals surface area contributed by atoms with Gasteiger partial charge in [-0.25, -0.2) is 0 Å². The molecule has 0 saturated carbocycles. The number of para-hydroxylation sites is 1. The summed E-state index contributed by atoms with van der Waals surface area (Å²) in [6.07, 6.45) is 0. The minimum absolute atomic E-state index is 0.439. The standard InChI is InChI=1S/C8H11NO2/c1-2-9(10)11-8-6-4-3-5-7-8/h3-7,10H,2H2,1H3. The van der Waals surface area contributed by atoms with Crippen LogP contribution in [0.15, 0.2) is 30.3 Å². The lowest BCUT2D eigenvalue weighted by Crippen LogP contribution is -2.22. The maximum Gasteiger partial charge on any atom is 0.150 e. The largest absolute Gasteiger partial charge is 0.381 e. The van der Waals surface area contributed by atoms with Crippen LogP contribution in [0.2, 0.25) is 0 Å². The van der Waals surface area contributed by atoms with E-state index >= 15 is 0 Å². The van der Waals surface area contributed by atoms with Crippen molar-refractivity contribution in [1.29, 1.82) is 0 Å². The molecule has 0 radical (unpaired) electrons. The van der Waals surface area contributed by atoms with Gasteiger partial charge in [0.25, 0.3) is 0 Å². The van der Waals surface area contributed by atoms with E-state index in [1.165, 1.54) is 0 Å². The Morgan fingerprint density at radius 1 is 1.36 bits per heavy atom. The summed E-state index contributed by atoms with van der Waals surface area (Å²) in [5.41, 5.74) is 0. The molecule has 3 heteroatoms. The molecule has 0 atom stereocenters. The van der Waals surface area contributed by atoms with Crippen molar-refractivity contribution in [1.82, 2.24) is 5.23 Å². The average Bonchev–Trinajstić information content (AvgIpc) is 2.06. The fourth-order valence-electron chi connectivity index (χ4n) is 0.668. The van der Waals surface area contributed by atoms with Gasteiger partial charge in [-0.1, -0.05) is 18.2 Å². The van der Waals surface area contributed by atoms with Gasteiger partial charge in [0.05, 0.1) is 6.54 Å². The lowest BCUT2D eigenvalue weighted by atomic mass is 10.3.